The first-order valence-electron chi connectivity index (χ1n) is 6.58. The molecule has 1 aliphatic carbocycles. The van der Waals surface area contributed by atoms with Gasteiger partial charge in [-0.3, -0.25) is 4.68 Å². The number of nitrogens with zero attached hydrogens (tertiary/aromatic N) is 3. The van der Waals surface area contributed by atoms with Crippen LogP contribution in [0.3, 0.4) is 0 Å². The molecule has 2 atom stereocenters. The van der Waals surface area contributed by atoms with Crippen LogP contribution in [0.25, 0.3) is 0 Å². The van der Waals surface area contributed by atoms with Crippen molar-refractivity contribution in [1.82, 2.24) is 25.4 Å². The van der Waals surface area contributed by atoms with Crippen molar-refractivity contribution in [3.8, 4) is 0 Å². The van der Waals surface area contributed by atoms with Gasteiger partial charge in [0.1, 0.15) is 6.33 Å². The molecular formula is C13H21N5O. The summed E-state index contributed by atoms with van der Waals surface area (Å²) in [4.78, 5) is 16.1. The summed E-state index contributed by atoms with van der Waals surface area (Å²) >= 11 is 0. The van der Waals surface area contributed by atoms with E-state index in [0.29, 0.717) is 5.82 Å². The summed E-state index contributed by atoms with van der Waals surface area (Å²) in [5.74, 6) is 0.617. The van der Waals surface area contributed by atoms with Crippen LogP contribution in [0.4, 0.5) is 4.79 Å². The lowest BCUT2D eigenvalue weighted by atomic mass is 9.88. The Hall–Kier alpha value is -1.85. The van der Waals surface area contributed by atoms with Gasteiger partial charge in [0.05, 0.1) is 6.04 Å². The minimum atomic E-state index is -0.205. The standard InChI is InChI=1S/C13H21N5O/c1-10(11-14-9-18(3)17-11)15-12(19)16-13(2)7-5-4-6-8-13/h4-5,9-10H,6-8H2,1-3H3,(H2,15,16,19). The third-order valence-corrected chi connectivity index (χ3v) is 3.37. The molecule has 1 heterocycles. The second-order valence-electron chi connectivity index (χ2n) is 5.37. The number of hydrogen-bond donors (Lipinski definition) is 2. The van der Waals surface area contributed by atoms with Crippen LogP contribution in [-0.2, 0) is 7.05 Å². The predicted octanol–water partition coefficient (Wildman–Crippen LogP) is 1.67. The fourth-order valence-corrected chi connectivity index (χ4v) is 2.20. The van der Waals surface area contributed by atoms with E-state index in [9.17, 15) is 4.79 Å². The average molecular weight is 263 g/mol. The van der Waals surface area contributed by atoms with E-state index in [0.717, 1.165) is 19.3 Å². The number of urea groups is 1. The average Bonchev–Trinajstić information content (AvgIpc) is 2.76. The first-order valence-corrected chi connectivity index (χ1v) is 6.58. The Kier molecular flexibility index (Phi) is 3.87. The zero-order valence-corrected chi connectivity index (χ0v) is 11.7. The molecule has 1 aliphatic rings. The Morgan fingerprint density at radius 1 is 1.53 bits per heavy atom. The van der Waals surface area contributed by atoms with Crippen molar-refractivity contribution in [2.45, 2.75) is 44.7 Å². The molecule has 1 aromatic rings. The zero-order valence-electron chi connectivity index (χ0n) is 11.7. The molecule has 0 aliphatic heterocycles. The molecule has 2 rings (SSSR count). The number of nitrogens with one attached hydrogen (secondary N) is 2. The molecule has 0 spiro atoms. The minimum Gasteiger partial charge on any atom is -0.333 e. The molecule has 2 amide bonds. The van der Waals surface area contributed by atoms with Crippen molar-refractivity contribution >= 4 is 6.03 Å². The van der Waals surface area contributed by atoms with E-state index in [1.807, 2.05) is 6.92 Å². The Labute approximate surface area is 113 Å². The first-order chi connectivity index (χ1) is 8.98. The van der Waals surface area contributed by atoms with Crippen LogP contribution < -0.4 is 10.6 Å². The van der Waals surface area contributed by atoms with Crippen LogP contribution in [0.5, 0.6) is 0 Å². The van der Waals surface area contributed by atoms with Gasteiger partial charge in [-0.15, -0.1) is 0 Å². The van der Waals surface area contributed by atoms with Gasteiger partial charge in [-0.2, -0.15) is 5.10 Å². The molecule has 0 aromatic carbocycles. The molecule has 6 heteroatoms. The third kappa shape index (κ3) is 3.56. The normalized spacial score (nSPS) is 23.9. The molecule has 2 unspecified atom stereocenters. The number of aromatic nitrogens is 3. The predicted molar refractivity (Wildman–Crippen MR) is 72.5 cm³/mol. The molecule has 0 fully saturated rings. The van der Waals surface area contributed by atoms with E-state index >= 15 is 0 Å². The lowest BCUT2D eigenvalue weighted by Gasteiger charge is -2.32. The number of carbonyl (C=O) groups is 1. The van der Waals surface area contributed by atoms with E-state index in [2.05, 4.69) is 39.8 Å². The monoisotopic (exact) mass is 263 g/mol. The summed E-state index contributed by atoms with van der Waals surface area (Å²) < 4.78 is 1.62. The summed E-state index contributed by atoms with van der Waals surface area (Å²) in [5, 5.41) is 10.1. The maximum absolute atomic E-state index is 12.0. The van der Waals surface area contributed by atoms with Crippen LogP contribution in [0.1, 0.15) is 45.0 Å². The van der Waals surface area contributed by atoms with Gasteiger partial charge in [0.15, 0.2) is 5.82 Å². The molecule has 1 aromatic heterocycles. The minimum absolute atomic E-state index is 0.157. The van der Waals surface area contributed by atoms with Crippen molar-refractivity contribution < 1.29 is 4.79 Å². The summed E-state index contributed by atoms with van der Waals surface area (Å²) in [6, 6.07) is -0.373. The lowest BCUT2D eigenvalue weighted by Crippen LogP contribution is -2.51. The van der Waals surface area contributed by atoms with E-state index in [-0.39, 0.29) is 17.6 Å². The second kappa shape index (κ2) is 5.42. The topological polar surface area (TPSA) is 71.8 Å². The highest BCUT2D eigenvalue weighted by atomic mass is 16.2. The number of aryl methyl sites for hydroxylation is 1. The molecule has 0 bridgehead atoms. The van der Waals surface area contributed by atoms with E-state index < -0.39 is 0 Å². The molecule has 0 radical (unpaired) electrons. The van der Waals surface area contributed by atoms with Gasteiger partial charge in [-0.05, 0) is 33.1 Å². The highest BCUT2D eigenvalue weighted by molar-refractivity contribution is 5.75. The molecule has 6 nitrogen and oxygen atoms in total. The molecule has 104 valence electrons. The number of amides is 2. The fraction of sp³-hybridized carbons (Fsp3) is 0.615. The number of rotatable bonds is 3. The van der Waals surface area contributed by atoms with Crippen LogP contribution >= 0.6 is 0 Å². The third-order valence-electron chi connectivity index (χ3n) is 3.37. The SMILES string of the molecule is CC(NC(=O)NC1(C)CC=CCC1)c1ncn(C)n1. The van der Waals surface area contributed by atoms with E-state index in [1.54, 1.807) is 18.1 Å². The van der Waals surface area contributed by atoms with Crippen LogP contribution in [0.15, 0.2) is 18.5 Å². The van der Waals surface area contributed by atoms with Crippen molar-refractivity contribution in [1.29, 1.82) is 0 Å². The van der Waals surface area contributed by atoms with Crippen molar-refractivity contribution in [2.24, 2.45) is 7.05 Å². The van der Waals surface area contributed by atoms with Crippen molar-refractivity contribution in [3.63, 3.8) is 0 Å². The van der Waals surface area contributed by atoms with E-state index in [1.165, 1.54) is 0 Å². The summed E-state index contributed by atoms with van der Waals surface area (Å²) in [5.41, 5.74) is -0.157. The smallest absolute Gasteiger partial charge is 0.315 e. The summed E-state index contributed by atoms with van der Waals surface area (Å²) in [6.07, 6.45) is 8.74. The van der Waals surface area contributed by atoms with Crippen molar-refractivity contribution in [2.75, 3.05) is 0 Å². The fourth-order valence-electron chi connectivity index (χ4n) is 2.20. The summed E-state index contributed by atoms with van der Waals surface area (Å²) in [6.45, 7) is 3.94. The highest BCUT2D eigenvalue weighted by Crippen LogP contribution is 2.22. The van der Waals surface area contributed by atoms with Gasteiger partial charge in [0.2, 0.25) is 0 Å². The largest absolute Gasteiger partial charge is 0.333 e. The highest BCUT2D eigenvalue weighted by Gasteiger charge is 2.27. The second-order valence-corrected chi connectivity index (χ2v) is 5.37. The van der Waals surface area contributed by atoms with Crippen LogP contribution in [0.2, 0.25) is 0 Å². The summed E-state index contributed by atoms with van der Waals surface area (Å²) in [7, 11) is 1.80. The van der Waals surface area contributed by atoms with Gasteiger partial charge in [0.25, 0.3) is 0 Å². The quantitative estimate of drug-likeness (QED) is 0.815. The maximum Gasteiger partial charge on any atom is 0.315 e. The van der Waals surface area contributed by atoms with Gasteiger partial charge in [0, 0.05) is 12.6 Å². The number of carbonyl (C=O) groups excluding carboxylic acids is 1. The van der Waals surface area contributed by atoms with Crippen LogP contribution in [0, 0.1) is 0 Å². The number of hydrogen-bond acceptors (Lipinski definition) is 3. The van der Waals surface area contributed by atoms with E-state index in [4.69, 9.17) is 0 Å². The lowest BCUT2D eigenvalue weighted by molar-refractivity contribution is 0.220. The van der Waals surface area contributed by atoms with Gasteiger partial charge < -0.3 is 10.6 Å². The Morgan fingerprint density at radius 2 is 2.32 bits per heavy atom. The Balaban J connectivity index is 1.89. The number of allylic oxidation sites excluding steroid dienone is 1. The molecule has 2 N–H and O–H groups in total. The molecular weight excluding hydrogens is 242 g/mol. The van der Waals surface area contributed by atoms with Gasteiger partial charge in [-0.1, -0.05) is 12.2 Å². The maximum atomic E-state index is 12.0. The van der Waals surface area contributed by atoms with Crippen LogP contribution in [-0.4, -0.2) is 26.3 Å². The molecule has 0 saturated heterocycles. The Morgan fingerprint density at radius 3 is 2.89 bits per heavy atom. The first kappa shape index (κ1) is 13.6. The zero-order chi connectivity index (χ0) is 13.9. The molecule has 0 saturated carbocycles. The van der Waals surface area contributed by atoms with Gasteiger partial charge >= 0.3 is 6.03 Å². The van der Waals surface area contributed by atoms with Crippen molar-refractivity contribution in [3.05, 3.63) is 24.3 Å². The molecule has 19 heavy (non-hydrogen) atoms. The van der Waals surface area contributed by atoms with Gasteiger partial charge in [-0.25, -0.2) is 9.78 Å². The Bertz CT molecular complexity index is 481.